The van der Waals surface area contributed by atoms with Crippen LogP contribution in [0.5, 0.6) is 0 Å². The Bertz CT molecular complexity index is 561. The second-order valence-electron chi connectivity index (χ2n) is 4.78. The molecular weight excluding hydrogens is 231 g/mol. The van der Waals surface area contributed by atoms with Crippen LogP contribution in [0.1, 0.15) is 23.9 Å². The van der Waals surface area contributed by atoms with Gasteiger partial charge < -0.3 is 5.73 Å². The summed E-state index contributed by atoms with van der Waals surface area (Å²) >= 11 is 0. The topological polar surface area (TPSA) is 56.7 Å². The number of hydrogen-bond acceptors (Lipinski definition) is 3. The lowest BCUT2D eigenvalue weighted by Crippen LogP contribution is -2.30. The molecule has 0 bridgehead atoms. The molecule has 2 N–H and O–H groups in total. The Labute approximate surface area is 105 Å². The fraction of sp³-hybridized carbons (Fsp3) is 0.385. The number of halogens is 1. The lowest BCUT2D eigenvalue weighted by Gasteiger charge is -2.21. The molecule has 0 saturated heterocycles. The van der Waals surface area contributed by atoms with Crippen LogP contribution in [0.2, 0.25) is 0 Å². The minimum atomic E-state index is -0.930. The molecule has 94 valence electrons. The summed E-state index contributed by atoms with van der Waals surface area (Å²) in [6.07, 6.45) is -0.605. The predicted octanol–water partition coefficient (Wildman–Crippen LogP) is 2.00. The first kappa shape index (κ1) is 11.3. The predicted molar refractivity (Wildman–Crippen MR) is 66.6 cm³/mol. The van der Waals surface area contributed by atoms with Gasteiger partial charge in [-0.3, -0.25) is 0 Å². The molecular formula is C13H15FN4. The number of aromatic nitrogens is 3. The zero-order valence-corrected chi connectivity index (χ0v) is 10.2. The summed E-state index contributed by atoms with van der Waals surface area (Å²) in [5.74, 6) is 1.30. The van der Waals surface area contributed by atoms with E-state index in [0.717, 1.165) is 5.56 Å². The van der Waals surface area contributed by atoms with Crippen molar-refractivity contribution in [3.05, 3.63) is 35.7 Å². The smallest absolute Gasteiger partial charge is 0.181 e. The molecule has 3 rings (SSSR count). The van der Waals surface area contributed by atoms with Gasteiger partial charge in [0.15, 0.2) is 5.82 Å². The van der Waals surface area contributed by atoms with Crippen molar-refractivity contribution in [2.24, 2.45) is 5.73 Å². The quantitative estimate of drug-likeness (QED) is 0.837. The molecule has 4 nitrogen and oxygen atoms in total. The minimum absolute atomic E-state index is 0.252. The van der Waals surface area contributed by atoms with E-state index in [2.05, 4.69) is 10.1 Å². The first-order valence-electron chi connectivity index (χ1n) is 6.05. The summed E-state index contributed by atoms with van der Waals surface area (Å²) < 4.78 is 15.0. The van der Waals surface area contributed by atoms with Crippen LogP contribution in [0.25, 0.3) is 11.4 Å². The fourth-order valence-corrected chi connectivity index (χ4v) is 2.23. The highest BCUT2D eigenvalue weighted by atomic mass is 19.1. The van der Waals surface area contributed by atoms with E-state index in [1.807, 2.05) is 31.2 Å². The maximum Gasteiger partial charge on any atom is 0.181 e. The van der Waals surface area contributed by atoms with E-state index in [1.54, 1.807) is 4.68 Å². The van der Waals surface area contributed by atoms with Gasteiger partial charge in [0.25, 0.3) is 0 Å². The molecule has 5 heteroatoms. The molecule has 0 fully saturated rings. The highest BCUT2D eigenvalue weighted by Crippen LogP contribution is 2.26. The van der Waals surface area contributed by atoms with Crippen molar-refractivity contribution in [1.29, 1.82) is 0 Å². The van der Waals surface area contributed by atoms with Crippen LogP contribution < -0.4 is 5.73 Å². The fourth-order valence-electron chi connectivity index (χ4n) is 2.23. The third kappa shape index (κ3) is 1.90. The molecule has 2 unspecified atom stereocenters. The van der Waals surface area contributed by atoms with Crippen LogP contribution in [0.3, 0.4) is 0 Å². The molecule has 2 aromatic rings. The van der Waals surface area contributed by atoms with Gasteiger partial charge in [0, 0.05) is 12.0 Å². The number of rotatable bonds is 1. The first-order chi connectivity index (χ1) is 8.63. The van der Waals surface area contributed by atoms with Crippen molar-refractivity contribution in [2.45, 2.75) is 32.1 Å². The zero-order chi connectivity index (χ0) is 12.7. The average molecular weight is 246 g/mol. The van der Waals surface area contributed by atoms with Crippen molar-refractivity contribution in [3.8, 4) is 11.4 Å². The molecule has 1 aromatic carbocycles. The van der Waals surface area contributed by atoms with Gasteiger partial charge in [-0.25, -0.2) is 14.1 Å². The Morgan fingerprint density at radius 2 is 2.06 bits per heavy atom. The molecule has 1 aliphatic heterocycles. The van der Waals surface area contributed by atoms with Crippen LogP contribution in [-0.4, -0.2) is 20.9 Å². The number of fused-ring (bicyclic) bond motifs is 1. The third-order valence-corrected chi connectivity index (χ3v) is 3.22. The van der Waals surface area contributed by atoms with Crippen molar-refractivity contribution >= 4 is 0 Å². The highest BCUT2D eigenvalue weighted by Gasteiger charge is 2.27. The van der Waals surface area contributed by atoms with Crippen LogP contribution in [-0.2, 0) is 6.54 Å². The Balaban J connectivity index is 2.00. The van der Waals surface area contributed by atoms with Gasteiger partial charge in [0.05, 0.1) is 12.6 Å². The van der Waals surface area contributed by atoms with Gasteiger partial charge in [0.2, 0.25) is 0 Å². The van der Waals surface area contributed by atoms with E-state index in [1.165, 1.54) is 5.56 Å². The highest BCUT2D eigenvalue weighted by molar-refractivity contribution is 5.55. The molecule has 0 radical (unpaired) electrons. The molecule has 0 aliphatic carbocycles. The third-order valence-electron chi connectivity index (χ3n) is 3.22. The van der Waals surface area contributed by atoms with Crippen molar-refractivity contribution in [1.82, 2.24) is 14.8 Å². The van der Waals surface area contributed by atoms with Crippen molar-refractivity contribution < 1.29 is 4.39 Å². The molecule has 2 heterocycles. The Hall–Kier alpha value is -1.75. The molecule has 1 aliphatic rings. The number of aryl methyl sites for hydroxylation is 1. The van der Waals surface area contributed by atoms with Crippen LogP contribution in [0.4, 0.5) is 4.39 Å². The maximum absolute atomic E-state index is 13.4. The summed E-state index contributed by atoms with van der Waals surface area (Å²) in [7, 11) is 0. The second-order valence-corrected chi connectivity index (χ2v) is 4.78. The summed E-state index contributed by atoms with van der Waals surface area (Å²) in [5, 5.41) is 4.34. The van der Waals surface area contributed by atoms with Gasteiger partial charge >= 0.3 is 0 Å². The van der Waals surface area contributed by atoms with E-state index in [4.69, 9.17) is 5.73 Å². The maximum atomic E-state index is 13.4. The van der Waals surface area contributed by atoms with Gasteiger partial charge in [-0.2, -0.15) is 5.10 Å². The lowest BCUT2D eigenvalue weighted by atomic mass is 10.1. The van der Waals surface area contributed by atoms with Gasteiger partial charge in [-0.15, -0.1) is 0 Å². The van der Waals surface area contributed by atoms with Crippen molar-refractivity contribution in [2.75, 3.05) is 0 Å². The molecule has 18 heavy (non-hydrogen) atoms. The minimum Gasteiger partial charge on any atom is -0.321 e. The lowest BCUT2D eigenvalue weighted by molar-refractivity contribution is 0.220. The summed E-state index contributed by atoms with van der Waals surface area (Å²) in [6, 6.07) is 7.59. The molecule has 0 amide bonds. The summed E-state index contributed by atoms with van der Waals surface area (Å²) in [6.45, 7) is 2.28. The SMILES string of the molecule is Cc1ccc(-c2nc3n(n2)CC(F)CC3N)cc1. The Morgan fingerprint density at radius 3 is 2.78 bits per heavy atom. The van der Waals surface area contributed by atoms with Crippen LogP contribution >= 0.6 is 0 Å². The van der Waals surface area contributed by atoms with Crippen molar-refractivity contribution in [3.63, 3.8) is 0 Å². The number of alkyl halides is 1. The largest absolute Gasteiger partial charge is 0.321 e. The Kier molecular flexibility index (Phi) is 2.63. The second kappa shape index (κ2) is 4.17. The van der Waals surface area contributed by atoms with Crippen LogP contribution in [0.15, 0.2) is 24.3 Å². The molecule has 0 spiro atoms. The average Bonchev–Trinajstić information content (AvgIpc) is 2.74. The van der Waals surface area contributed by atoms with Crippen LogP contribution in [0, 0.1) is 6.92 Å². The van der Waals surface area contributed by atoms with Gasteiger partial charge in [0.1, 0.15) is 12.0 Å². The Morgan fingerprint density at radius 1 is 1.33 bits per heavy atom. The van der Waals surface area contributed by atoms with E-state index < -0.39 is 6.17 Å². The number of hydrogen-bond donors (Lipinski definition) is 1. The monoisotopic (exact) mass is 246 g/mol. The molecule has 2 atom stereocenters. The first-order valence-corrected chi connectivity index (χ1v) is 6.05. The summed E-state index contributed by atoms with van der Waals surface area (Å²) in [5.41, 5.74) is 8.01. The number of nitrogens with two attached hydrogens (primary N) is 1. The van der Waals surface area contributed by atoms with E-state index in [9.17, 15) is 4.39 Å². The van der Waals surface area contributed by atoms with E-state index >= 15 is 0 Å². The molecule has 1 aromatic heterocycles. The van der Waals surface area contributed by atoms with Gasteiger partial charge in [-0.1, -0.05) is 29.8 Å². The van der Waals surface area contributed by atoms with E-state index in [-0.39, 0.29) is 12.6 Å². The molecule has 0 saturated carbocycles. The normalized spacial score (nSPS) is 22.8. The van der Waals surface area contributed by atoms with Gasteiger partial charge in [-0.05, 0) is 6.92 Å². The number of nitrogens with zero attached hydrogens (tertiary/aromatic N) is 3. The van der Waals surface area contributed by atoms with E-state index in [0.29, 0.717) is 18.1 Å². The standard InChI is InChI=1S/C13H15FN4/c1-8-2-4-9(5-3-8)12-16-13-11(15)6-10(14)7-18(13)17-12/h2-5,10-11H,6-7,15H2,1H3. The number of benzene rings is 1. The summed E-state index contributed by atoms with van der Waals surface area (Å²) in [4.78, 5) is 4.43. The zero-order valence-electron chi connectivity index (χ0n) is 10.2.